The van der Waals surface area contributed by atoms with Gasteiger partial charge in [-0.05, 0) is 5.53 Å². The number of methoxy groups -OCH3 is 2. The summed E-state index contributed by atoms with van der Waals surface area (Å²) in [5.74, 6) is -0.389. The highest BCUT2D eigenvalue weighted by Gasteiger charge is 2.41. The summed E-state index contributed by atoms with van der Waals surface area (Å²) in [5, 5.41) is 3.61. The van der Waals surface area contributed by atoms with E-state index in [1.54, 1.807) is 0 Å². The van der Waals surface area contributed by atoms with Crippen molar-refractivity contribution in [2.75, 3.05) is 27.4 Å². The summed E-state index contributed by atoms with van der Waals surface area (Å²) < 4.78 is 21.0. The number of ether oxygens (including phenoxy) is 4. The van der Waals surface area contributed by atoms with E-state index in [-0.39, 0.29) is 19.2 Å². The standard InChI is InChI=1S/C10H17N3O5/c1-6(14)17-5-8-10(16-3)9(15-2)7(4-18-8)12-13-11/h7-10H,4-5H2,1-3H3/t7?,8?,9?,10-/m1/s1. The molecule has 0 aromatic heterocycles. The number of esters is 1. The molecule has 1 aliphatic heterocycles. The quantitative estimate of drug-likeness (QED) is 0.312. The highest BCUT2D eigenvalue weighted by Crippen LogP contribution is 2.23. The molecular weight excluding hydrogens is 242 g/mol. The largest absolute Gasteiger partial charge is 0.463 e. The first-order chi connectivity index (χ1) is 8.63. The molecule has 0 aliphatic carbocycles. The molecule has 0 N–H and O–H groups in total. The molecule has 0 amide bonds. The second kappa shape index (κ2) is 7.17. The lowest BCUT2D eigenvalue weighted by atomic mass is 9.98. The third kappa shape index (κ3) is 3.58. The van der Waals surface area contributed by atoms with Crippen LogP contribution in [0, 0.1) is 0 Å². The van der Waals surface area contributed by atoms with Gasteiger partial charge in [-0.3, -0.25) is 4.79 Å². The zero-order valence-corrected chi connectivity index (χ0v) is 10.6. The topological polar surface area (TPSA) is 103 Å². The van der Waals surface area contributed by atoms with Crippen LogP contribution in [0.5, 0.6) is 0 Å². The normalized spacial score (nSPS) is 31.5. The highest BCUT2D eigenvalue weighted by molar-refractivity contribution is 5.65. The Labute approximate surface area is 105 Å². The molecule has 0 saturated carbocycles. The third-order valence-electron chi connectivity index (χ3n) is 2.75. The molecule has 18 heavy (non-hydrogen) atoms. The van der Waals surface area contributed by atoms with Crippen molar-refractivity contribution >= 4 is 5.97 Å². The van der Waals surface area contributed by atoms with Gasteiger partial charge in [-0.1, -0.05) is 5.11 Å². The summed E-state index contributed by atoms with van der Waals surface area (Å²) in [6.45, 7) is 1.60. The van der Waals surface area contributed by atoms with E-state index in [9.17, 15) is 4.79 Å². The van der Waals surface area contributed by atoms with Gasteiger partial charge in [-0.2, -0.15) is 0 Å². The van der Waals surface area contributed by atoms with Gasteiger partial charge in [0.05, 0.1) is 18.8 Å². The van der Waals surface area contributed by atoms with Gasteiger partial charge in [0.1, 0.15) is 18.8 Å². The molecule has 1 rings (SSSR count). The molecule has 0 bridgehead atoms. The van der Waals surface area contributed by atoms with E-state index < -0.39 is 24.4 Å². The SMILES string of the molecule is COC1C(N=[N+]=[N-])COC(COC(C)=O)[C@H]1OC. The van der Waals surface area contributed by atoms with Gasteiger partial charge in [0.25, 0.3) is 0 Å². The maximum atomic E-state index is 10.8. The van der Waals surface area contributed by atoms with E-state index >= 15 is 0 Å². The van der Waals surface area contributed by atoms with Crippen molar-refractivity contribution in [2.24, 2.45) is 5.11 Å². The number of carbonyl (C=O) groups is 1. The van der Waals surface area contributed by atoms with Gasteiger partial charge in [-0.15, -0.1) is 0 Å². The Morgan fingerprint density at radius 3 is 2.61 bits per heavy atom. The zero-order valence-electron chi connectivity index (χ0n) is 10.6. The average Bonchev–Trinajstić information content (AvgIpc) is 2.36. The second-order valence-corrected chi connectivity index (χ2v) is 3.85. The van der Waals surface area contributed by atoms with E-state index in [1.165, 1.54) is 21.1 Å². The first-order valence-corrected chi connectivity index (χ1v) is 5.48. The summed E-state index contributed by atoms with van der Waals surface area (Å²) >= 11 is 0. The molecule has 0 aromatic rings. The summed E-state index contributed by atoms with van der Waals surface area (Å²) in [6, 6.07) is -0.460. The Morgan fingerprint density at radius 2 is 2.11 bits per heavy atom. The lowest BCUT2D eigenvalue weighted by Gasteiger charge is -2.39. The minimum Gasteiger partial charge on any atom is -0.463 e. The molecule has 0 spiro atoms. The number of hydrogen-bond donors (Lipinski definition) is 0. The molecule has 1 fully saturated rings. The third-order valence-corrected chi connectivity index (χ3v) is 2.75. The molecule has 0 aromatic carbocycles. The fraction of sp³-hybridized carbons (Fsp3) is 0.900. The molecule has 1 aliphatic rings. The first-order valence-electron chi connectivity index (χ1n) is 5.48. The van der Waals surface area contributed by atoms with E-state index in [4.69, 9.17) is 24.5 Å². The fourth-order valence-corrected chi connectivity index (χ4v) is 1.93. The van der Waals surface area contributed by atoms with Crippen molar-refractivity contribution in [3.63, 3.8) is 0 Å². The fourth-order valence-electron chi connectivity index (χ4n) is 1.93. The maximum Gasteiger partial charge on any atom is 0.302 e. The van der Waals surface area contributed by atoms with Gasteiger partial charge in [-0.25, -0.2) is 0 Å². The zero-order chi connectivity index (χ0) is 13.5. The smallest absolute Gasteiger partial charge is 0.302 e. The van der Waals surface area contributed by atoms with Crippen molar-refractivity contribution in [2.45, 2.75) is 31.3 Å². The minimum atomic E-state index is -0.460. The number of azide groups is 1. The Kier molecular flexibility index (Phi) is 5.87. The number of carbonyl (C=O) groups excluding carboxylic acids is 1. The molecule has 0 radical (unpaired) electrons. The lowest BCUT2D eigenvalue weighted by molar-refractivity contribution is -0.185. The molecule has 1 heterocycles. The van der Waals surface area contributed by atoms with Gasteiger partial charge >= 0.3 is 5.97 Å². The van der Waals surface area contributed by atoms with E-state index in [1.807, 2.05) is 0 Å². The van der Waals surface area contributed by atoms with Gasteiger partial charge in [0.15, 0.2) is 0 Å². The van der Waals surface area contributed by atoms with E-state index in [0.717, 1.165) is 0 Å². The van der Waals surface area contributed by atoms with Crippen LogP contribution in [0.1, 0.15) is 6.92 Å². The monoisotopic (exact) mass is 259 g/mol. The van der Waals surface area contributed by atoms with Crippen LogP contribution in [0.3, 0.4) is 0 Å². The van der Waals surface area contributed by atoms with E-state index in [2.05, 4.69) is 10.0 Å². The van der Waals surface area contributed by atoms with Crippen LogP contribution in [0.25, 0.3) is 10.4 Å². The lowest BCUT2D eigenvalue weighted by Crippen LogP contribution is -2.55. The maximum absolute atomic E-state index is 10.8. The summed E-state index contributed by atoms with van der Waals surface area (Å²) in [7, 11) is 3.00. The summed E-state index contributed by atoms with van der Waals surface area (Å²) in [4.78, 5) is 13.5. The van der Waals surface area contributed by atoms with Gasteiger partial charge < -0.3 is 18.9 Å². The molecule has 4 atom stereocenters. The van der Waals surface area contributed by atoms with Crippen LogP contribution in [0.2, 0.25) is 0 Å². The van der Waals surface area contributed by atoms with Crippen LogP contribution < -0.4 is 0 Å². The molecule has 102 valence electrons. The van der Waals surface area contributed by atoms with Crippen molar-refractivity contribution in [1.29, 1.82) is 0 Å². The summed E-state index contributed by atoms with van der Waals surface area (Å²) in [5.41, 5.74) is 8.47. The van der Waals surface area contributed by atoms with Crippen LogP contribution in [0.4, 0.5) is 0 Å². The van der Waals surface area contributed by atoms with Crippen molar-refractivity contribution in [3.8, 4) is 0 Å². The molecule has 1 saturated heterocycles. The van der Waals surface area contributed by atoms with Crippen LogP contribution in [0.15, 0.2) is 5.11 Å². The number of nitrogens with zero attached hydrogens (tertiary/aromatic N) is 3. The second-order valence-electron chi connectivity index (χ2n) is 3.85. The predicted octanol–water partition coefficient (Wildman–Crippen LogP) is 0.657. The Balaban J connectivity index is 2.72. The Hall–Kier alpha value is -1.34. The highest BCUT2D eigenvalue weighted by atomic mass is 16.6. The molecule has 3 unspecified atom stereocenters. The van der Waals surface area contributed by atoms with Gasteiger partial charge in [0.2, 0.25) is 0 Å². The number of hydrogen-bond acceptors (Lipinski definition) is 6. The van der Waals surface area contributed by atoms with Crippen molar-refractivity contribution < 1.29 is 23.7 Å². The Bertz CT molecular complexity index is 331. The van der Waals surface area contributed by atoms with Crippen molar-refractivity contribution in [1.82, 2.24) is 0 Å². The van der Waals surface area contributed by atoms with Gasteiger partial charge in [0, 0.05) is 26.1 Å². The minimum absolute atomic E-state index is 0.0800. The van der Waals surface area contributed by atoms with Crippen LogP contribution in [-0.4, -0.2) is 57.8 Å². The number of rotatable bonds is 5. The first kappa shape index (κ1) is 14.7. The molecule has 8 heteroatoms. The molecular formula is C10H17N3O5. The Morgan fingerprint density at radius 1 is 1.44 bits per heavy atom. The van der Waals surface area contributed by atoms with Crippen LogP contribution >= 0.6 is 0 Å². The average molecular weight is 259 g/mol. The molecule has 8 nitrogen and oxygen atoms in total. The van der Waals surface area contributed by atoms with Crippen molar-refractivity contribution in [3.05, 3.63) is 10.4 Å². The predicted molar refractivity (Wildman–Crippen MR) is 60.9 cm³/mol. The van der Waals surface area contributed by atoms with E-state index in [0.29, 0.717) is 0 Å². The summed E-state index contributed by atoms with van der Waals surface area (Å²) in [6.07, 6.45) is -1.33. The van der Waals surface area contributed by atoms with Crippen LogP contribution in [-0.2, 0) is 23.7 Å².